The second-order valence-corrected chi connectivity index (χ2v) is 27.8. The topological polar surface area (TPSA) is 188 Å². The van der Waals surface area contributed by atoms with Crippen LogP contribution in [0.3, 0.4) is 0 Å². The van der Waals surface area contributed by atoms with Gasteiger partial charge in [-0.3, -0.25) is 14.4 Å². The first-order valence-electron chi connectivity index (χ1n) is 33.4. The highest BCUT2D eigenvalue weighted by molar-refractivity contribution is 14.1. The number of carboxylic acid groups (broad SMARTS) is 1. The van der Waals surface area contributed by atoms with Gasteiger partial charge in [-0.1, -0.05) is 96.0 Å². The summed E-state index contributed by atoms with van der Waals surface area (Å²) in [7, 11) is 0. The minimum atomic E-state index is -0.874. The van der Waals surface area contributed by atoms with E-state index in [0.29, 0.717) is 94.6 Å². The fraction of sp³-hybridized carbons (Fsp3) is 0.427. The number of hydrogen-bond acceptors (Lipinski definition) is 12. The number of aliphatic carboxylic acids is 1. The van der Waals surface area contributed by atoms with Gasteiger partial charge >= 0.3 is 5.97 Å². The van der Waals surface area contributed by atoms with Crippen LogP contribution in [0.2, 0.25) is 10.0 Å². The molecule has 6 aromatic rings. The van der Waals surface area contributed by atoms with E-state index in [-0.39, 0.29) is 41.8 Å². The first-order valence-corrected chi connectivity index (χ1v) is 35.2. The number of carboxylic acids is 1. The van der Waals surface area contributed by atoms with Crippen LogP contribution in [-0.4, -0.2) is 146 Å². The number of carbonyl (C=O) groups excluding carboxylic acids is 2. The fourth-order valence-corrected chi connectivity index (χ4v) is 13.5. The number of nitrogens with zero attached hydrogens (tertiary/aromatic N) is 9. The number of carbonyl (C=O) groups is 3. The van der Waals surface area contributed by atoms with Crippen LogP contribution in [0.4, 0.5) is 39.8 Å². The van der Waals surface area contributed by atoms with E-state index in [9.17, 15) is 24.6 Å². The SMILES string of the molecule is [C-]#[N+]c1ccc(I)cc1.[C-]#[N+]c1ccc(N2CCC(C(=O)O)C2)cc1.[C-]#[N+]c1ccc(N2CC[C@@H](C(=O)N[C@H](CN3CCCC3)[C@H](O)c3ccc(OC4CC4)c(Cl)c3)C2)cc1.[C-]#[N+]c1ccc(N2CC[C@H](C(=O)N[C@H](CN3CCCC3)[C@H](O)c3ccc(OC4CC4)c(Cl)c3)C2)cc1. The summed E-state index contributed by atoms with van der Waals surface area (Å²) in [6, 6.07) is 39.7. The van der Waals surface area contributed by atoms with Gasteiger partial charge in [0.1, 0.15) is 23.7 Å². The maximum absolute atomic E-state index is 13.3. The number of halogens is 3. The van der Waals surface area contributed by atoms with Gasteiger partial charge in [-0.2, -0.15) is 0 Å². The molecular weight excluding hydrogens is 1380 g/mol. The Hall–Kier alpha value is -8.16. The molecule has 97 heavy (non-hydrogen) atoms. The average Bonchev–Trinajstić information content (AvgIpc) is 1.72. The van der Waals surface area contributed by atoms with E-state index in [1.807, 2.05) is 114 Å². The van der Waals surface area contributed by atoms with E-state index in [2.05, 4.69) is 72.2 Å². The molecular formula is C75H82Cl2IN11O8. The van der Waals surface area contributed by atoms with Crippen LogP contribution >= 0.6 is 45.8 Å². The molecule has 22 heteroatoms. The van der Waals surface area contributed by atoms with Crippen LogP contribution < -0.4 is 34.8 Å². The average molecular weight is 1460 g/mol. The van der Waals surface area contributed by atoms with Crippen molar-refractivity contribution in [1.29, 1.82) is 0 Å². The normalized spacial score (nSPS) is 20.1. The molecule has 19 nitrogen and oxygen atoms in total. The fourth-order valence-electron chi connectivity index (χ4n) is 12.7. The maximum Gasteiger partial charge on any atom is 0.308 e. The predicted octanol–water partition coefficient (Wildman–Crippen LogP) is 14.1. The maximum atomic E-state index is 13.3. The molecule has 1 unspecified atom stereocenters. The molecule has 506 valence electrons. The number of aliphatic hydroxyl groups excluding tert-OH is 2. The number of benzene rings is 6. The van der Waals surface area contributed by atoms with Crippen LogP contribution in [-0.2, 0) is 14.4 Å². The second kappa shape index (κ2) is 34.9. The van der Waals surface area contributed by atoms with Gasteiger partial charge in [-0.25, -0.2) is 19.4 Å². The summed E-state index contributed by atoms with van der Waals surface area (Å²) in [6.07, 6.45) is 9.70. The van der Waals surface area contributed by atoms with Crippen molar-refractivity contribution in [2.45, 2.75) is 107 Å². The first-order chi connectivity index (χ1) is 47.0. The summed E-state index contributed by atoms with van der Waals surface area (Å²) >= 11 is 15.1. The summed E-state index contributed by atoms with van der Waals surface area (Å²) in [6.45, 7) is 37.0. The van der Waals surface area contributed by atoms with Gasteiger partial charge in [-0.15, -0.1) is 0 Å². The number of amides is 2. The van der Waals surface area contributed by atoms with Crippen LogP contribution in [0.5, 0.6) is 11.5 Å². The molecule has 7 aliphatic rings. The van der Waals surface area contributed by atoms with Gasteiger partial charge in [-0.05, 0) is 191 Å². The van der Waals surface area contributed by atoms with Crippen LogP contribution in [0, 0.1) is 47.6 Å². The van der Waals surface area contributed by atoms with Gasteiger partial charge in [0.2, 0.25) is 11.8 Å². The first kappa shape index (κ1) is 71.6. The molecule has 0 radical (unpaired) electrons. The van der Waals surface area contributed by atoms with Crippen molar-refractivity contribution in [3.8, 4) is 11.5 Å². The molecule has 6 aromatic carbocycles. The Morgan fingerprint density at radius 2 is 0.794 bits per heavy atom. The number of anilines is 3. The number of aliphatic hydroxyl groups is 2. The van der Waals surface area contributed by atoms with E-state index in [1.165, 1.54) is 3.57 Å². The van der Waals surface area contributed by atoms with Gasteiger partial charge < -0.3 is 59.9 Å². The van der Waals surface area contributed by atoms with Crippen molar-refractivity contribution in [2.24, 2.45) is 17.8 Å². The van der Waals surface area contributed by atoms with Crippen molar-refractivity contribution >= 4 is 103 Å². The molecule has 5 N–H and O–H groups in total. The Bertz CT molecular complexity index is 3630. The number of hydrogen-bond donors (Lipinski definition) is 5. The van der Waals surface area contributed by atoms with Gasteiger partial charge in [0.25, 0.3) is 0 Å². The van der Waals surface area contributed by atoms with Gasteiger partial charge in [0, 0.05) is 73.0 Å². The largest absolute Gasteiger partial charge is 0.489 e. The van der Waals surface area contributed by atoms with E-state index in [4.69, 9.17) is 64.1 Å². The number of likely N-dealkylation sites (tertiary alicyclic amines) is 2. The third-order valence-electron chi connectivity index (χ3n) is 18.6. The van der Waals surface area contributed by atoms with Gasteiger partial charge in [0.05, 0.1) is 78.4 Å². The molecule has 5 saturated heterocycles. The molecule has 0 aromatic heterocycles. The molecule has 0 spiro atoms. The highest BCUT2D eigenvalue weighted by atomic mass is 127. The lowest BCUT2D eigenvalue weighted by Gasteiger charge is -2.30. The van der Waals surface area contributed by atoms with Crippen LogP contribution in [0.15, 0.2) is 133 Å². The summed E-state index contributed by atoms with van der Waals surface area (Å²) in [5, 5.41) is 38.9. The molecule has 13 rings (SSSR count). The van der Waals surface area contributed by atoms with Crippen LogP contribution in [0.1, 0.15) is 94.0 Å². The third-order valence-corrected chi connectivity index (χ3v) is 19.9. The lowest BCUT2D eigenvalue weighted by molar-refractivity contribution is -0.141. The highest BCUT2D eigenvalue weighted by Gasteiger charge is 2.36. The Morgan fingerprint density at radius 3 is 1.09 bits per heavy atom. The third kappa shape index (κ3) is 20.7. The summed E-state index contributed by atoms with van der Waals surface area (Å²) < 4.78 is 12.8. The zero-order chi connectivity index (χ0) is 68.4. The Labute approximate surface area is 592 Å². The van der Waals surface area contributed by atoms with Crippen molar-refractivity contribution in [3.05, 3.63) is 204 Å². The van der Waals surface area contributed by atoms with Crippen LogP contribution in [0.25, 0.3) is 19.4 Å². The summed E-state index contributed by atoms with van der Waals surface area (Å²) in [5.74, 6) is -0.0673. The summed E-state index contributed by atoms with van der Waals surface area (Å²) in [4.78, 5) is 62.0. The smallest absolute Gasteiger partial charge is 0.308 e. The number of ether oxygens (including phenoxy) is 2. The number of nitrogens with one attached hydrogen (secondary N) is 2. The monoisotopic (exact) mass is 1460 g/mol. The van der Waals surface area contributed by atoms with E-state index >= 15 is 0 Å². The van der Waals surface area contributed by atoms with E-state index in [1.54, 1.807) is 24.3 Å². The summed E-state index contributed by atoms with van der Waals surface area (Å²) in [5.41, 5.74) is 6.94. The lowest BCUT2D eigenvalue weighted by atomic mass is 10.00. The zero-order valence-electron chi connectivity index (χ0n) is 54.2. The van der Waals surface area contributed by atoms with Crippen molar-refractivity contribution < 1.29 is 39.2 Å². The number of rotatable bonds is 20. The molecule has 2 aliphatic carbocycles. The minimum Gasteiger partial charge on any atom is -0.489 e. The van der Waals surface area contributed by atoms with Crippen molar-refractivity contribution in [2.75, 3.05) is 93.2 Å². The van der Waals surface area contributed by atoms with E-state index < -0.39 is 30.3 Å². The molecule has 5 aliphatic heterocycles. The molecule has 2 saturated carbocycles. The highest BCUT2D eigenvalue weighted by Crippen LogP contribution is 2.37. The van der Waals surface area contributed by atoms with Crippen molar-refractivity contribution in [1.82, 2.24) is 20.4 Å². The lowest BCUT2D eigenvalue weighted by Crippen LogP contribution is -2.48. The zero-order valence-corrected chi connectivity index (χ0v) is 57.9. The molecule has 7 fully saturated rings. The van der Waals surface area contributed by atoms with Gasteiger partial charge in [0.15, 0.2) is 22.7 Å². The molecule has 0 bridgehead atoms. The second-order valence-electron chi connectivity index (χ2n) is 25.8. The standard InChI is InChI=1S/2C28H33ClN4O3.C12H12N2O2.C7H4IN/c2*1-30-21-5-7-22(8-6-21)33-15-12-20(17-33)28(35)31-25(18-32-13-2-3-14-32)27(34)19-4-11-26(24(29)16-19)36-23-9-10-23;1-13-10-2-4-11(5-3-10)14-7-6-9(8-14)12(15)16;1-9-7-4-2-6(8)3-5-7/h2*4-8,11,16,20,23,25,27,34H,2-3,9-10,12-15,17-18H2,(H,31,35);2-5,9H,6-8H2,(H,15,16);2-5H/t20-,25+,27+;20-,25-,27-;;/m01../s1. The Kier molecular flexibility index (Phi) is 25.7. The predicted molar refractivity (Wildman–Crippen MR) is 387 cm³/mol. The molecule has 7 atom stereocenters. The molecule has 2 amide bonds. The Morgan fingerprint density at radius 1 is 0.474 bits per heavy atom. The minimum absolute atomic E-state index is 0.0293. The Balaban J connectivity index is 0.000000156. The quantitative estimate of drug-likeness (QED) is 0.0359. The van der Waals surface area contributed by atoms with E-state index in [0.717, 1.165) is 127 Å². The van der Waals surface area contributed by atoms with Crippen molar-refractivity contribution in [3.63, 3.8) is 0 Å². The molecule has 5 heterocycles.